The van der Waals surface area contributed by atoms with E-state index in [-0.39, 0.29) is 35.8 Å². The van der Waals surface area contributed by atoms with E-state index < -0.39 is 25.0 Å². The standard InChI is InChI=1S/C15H27NO5SSi/c1-15(2,3)10(8-21-23(4)5)12-11-6-9(7-17)22(14(19)20)16(11)13(12)18/h10-12,17,23H,6-8H2,1-5H3,(H,19,20)/t10-,11?,12?,22?/m1/s1. The van der Waals surface area contributed by atoms with Gasteiger partial charge in [0, 0.05) is 28.6 Å². The quantitative estimate of drug-likeness (QED) is 0.444. The molecule has 23 heavy (non-hydrogen) atoms. The summed E-state index contributed by atoms with van der Waals surface area (Å²) < 4.78 is 7.39. The van der Waals surface area contributed by atoms with Crippen LogP contribution in [0.1, 0.15) is 27.2 Å². The van der Waals surface area contributed by atoms with Crippen molar-refractivity contribution in [2.75, 3.05) is 13.2 Å². The van der Waals surface area contributed by atoms with Crippen LogP contribution in [0.15, 0.2) is 0 Å². The molecule has 0 aromatic carbocycles. The minimum Gasteiger partial charge on any atom is -0.472 e. The molecule has 0 spiro atoms. The van der Waals surface area contributed by atoms with E-state index in [9.17, 15) is 19.8 Å². The highest BCUT2D eigenvalue weighted by molar-refractivity contribution is 8.27. The van der Waals surface area contributed by atoms with Crippen LogP contribution in [0.25, 0.3) is 0 Å². The number of amides is 1. The van der Waals surface area contributed by atoms with Gasteiger partial charge in [0.2, 0.25) is 5.91 Å². The number of β-lactam (4-membered cyclic amide) rings is 1. The molecule has 0 bridgehead atoms. The van der Waals surface area contributed by atoms with E-state index >= 15 is 0 Å². The van der Waals surface area contributed by atoms with Crippen LogP contribution in [0.2, 0.25) is 13.1 Å². The maximum Gasteiger partial charge on any atom is 0.378 e. The number of carbonyl (C=O) groups excluding carboxylic acids is 1. The maximum absolute atomic E-state index is 12.7. The van der Waals surface area contributed by atoms with Gasteiger partial charge in [0.05, 0.1) is 18.6 Å². The fraction of sp³-hybridized carbons (Fsp3) is 0.800. The van der Waals surface area contributed by atoms with Gasteiger partial charge in [-0.2, -0.15) is 0 Å². The molecule has 3 unspecified atom stereocenters. The Labute approximate surface area is 141 Å². The van der Waals surface area contributed by atoms with E-state index in [2.05, 4.69) is 33.9 Å². The van der Waals surface area contributed by atoms with Crippen LogP contribution in [-0.4, -0.2) is 58.9 Å². The molecule has 1 amide bonds. The molecule has 2 N–H and O–H groups in total. The monoisotopic (exact) mass is 361 g/mol. The van der Waals surface area contributed by atoms with Gasteiger partial charge in [0.25, 0.3) is 0 Å². The van der Waals surface area contributed by atoms with E-state index in [1.165, 1.54) is 4.31 Å². The molecule has 0 radical (unpaired) electrons. The predicted octanol–water partition coefficient (Wildman–Crippen LogP) is 1.91. The number of aliphatic hydroxyl groups is 1. The fourth-order valence-electron chi connectivity index (χ4n) is 3.39. The number of rotatable bonds is 5. The minimum absolute atomic E-state index is 0.0587. The van der Waals surface area contributed by atoms with Gasteiger partial charge in [0.1, 0.15) is 0 Å². The van der Waals surface area contributed by atoms with Crippen LogP contribution in [0.3, 0.4) is 0 Å². The van der Waals surface area contributed by atoms with Crippen molar-refractivity contribution in [2.45, 2.75) is 46.3 Å². The zero-order valence-corrected chi connectivity index (χ0v) is 16.4. The van der Waals surface area contributed by atoms with Gasteiger partial charge < -0.3 is 14.6 Å². The molecule has 0 saturated carbocycles. The Bertz CT molecular complexity index is 542. The van der Waals surface area contributed by atoms with Gasteiger partial charge in [-0.1, -0.05) is 20.8 Å². The molecule has 2 heterocycles. The van der Waals surface area contributed by atoms with Crippen molar-refractivity contribution >= 4 is 35.8 Å². The molecular formula is C15H27NO5SSi. The van der Waals surface area contributed by atoms with E-state index in [0.717, 1.165) is 0 Å². The third-order valence-corrected chi connectivity index (χ3v) is 7.50. The lowest BCUT2D eigenvalue weighted by molar-refractivity contribution is -0.152. The van der Waals surface area contributed by atoms with Gasteiger partial charge in [-0.05, 0) is 24.4 Å². The second kappa shape index (κ2) is 6.66. The molecule has 2 rings (SSSR count). The Hall–Kier alpha value is -0.703. The first-order valence-electron chi connectivity index (χ1n) is 7.97. The predicted molar refractivity (Wildman–Crippen MR) is 94.2 cm³/mol. The van der Waals surface area contributed by atoms with Gasteiger partial charge in [-0.3, -0.25) is 9.10 Å². The lowest BCUT2D eigenvalue weighted by Crippen LogP contribution is -2.61. The average molecular weight is 362 g/mol. The summed E-state index contributed by atoms with van der Waals surface area (Å²) in [6, 6.07) is -0.106. The van der Waals surface area contributed by atoms with Gasteiger partial charge in [-0.15, -0.1) is 0 Å². The average Bonchev–Trinajstić information content (AvgIpc) is 2.76. The normalized spacial score (nSPS) is 28.8. The molecule has 0 aromatic rings. The molecular weight excluding hydrogens is 334 g/mol. The first kappa shape index (κ1) is 18.6. The van der Waals surface area contributed by atoms with Crippen LogP contribution in [0.5, 0.6) is 0 Å². The number of hydrogen-bond acceptors (Lipinski definition) is 4. The van der Waals surface area contributed by atoms with Gasteiger partial charge in [-0.25, -0.2) is 4.79 Å². The summed E-state index contributed by atoms with van der Waals surface area (Å²) in [5.41, 5.74) is -0.0977. The van der Waals surface area contributed by atoms with Gasteiger partial charge in [0.15, 0.2) is 9.04 Å². The van der Waals surface area contributed by atoms with Crippen molar-refractivity contribution in [1.82, 2.24) is 4.31 Å². The Balaban J connectivity index is 2.23. The number of carboxylic acid groups (broad SMARTS) is 1. The first-order valence-corrected chi connectivity index (χ1v) is 11.9. The summed E-state index contributed by atoms with van der Waals surface area (Å²) in [6.45, 7) is 10.8. The largest absolute Gasteiger partial charge is 0.472 e. The van der Waals surface area contributed by atoms with Crippen LogP contribution in [0.4, 0.5) is 4.79 Å². The minimum atomic E-state index is -1.28. The van der Waals surface area contributed by atoms with Crippen molar-refractivity contribution in [1.29, 1.82) is 0 Å². The summed E-state index contributed by atoms with van der Waals surface area (Å²) in [6.07, 6.45) is 0.494. The topological polar surface area (TPSA) is 87.1 Å². The highest BCUT2D eigenvalue weighted by atomic mass is 32.2. The SMILES string of the molecule is C[SiH](C)OC[C@H](C1C(=O)N2C1CC(CO)=S2C(=O)O)C(C)(C)C. The number of fused-ring (bicyclic) bond motifs is 1. The summed E-state index contributed by atoms with van der Waals surface area (Å²) in [4.78, 5) is 24.7. The Morgan fingerprint density at radius 3 is 2.52 bits per heavy atom. The number of carbonyl (C=O) groups is 2. The molecule has 132 valence electrons. The van der Waals surface area contributed by atoms with Crippen LogP contribution in [0, 0.1) is 17.3 Å². The molecule has 4 atom stereocenters. The molecule has 1 fully saturated rings. The first-order chi connectivity index (χ1) is 10.6. The van der Waals surface area contributed by atoms with Crippen molar-refractivity contribution in [3.05, 3.63) is 0 Å². The van der Waals surface area contributed by atoms with E-state index in [1.54, 1.807) is 0 Å². The zero-order valence-electron chi connectivity index (χ0n) is 14.4. The summed E-state index contributed by atoms with van der Waals surface area (Å²) >= 11 is 0. The zero-order chi connectivity index (χ0) is 17.5. The van der Waals surface area contributed by atoms with Crippen molar-refractivity contribution in [3.8, 4) is 0 Å². The molecule has 2 aliphatic rings. The van der Waals surface area contributed by atoms with Crippen molar-refractivity contribution < 1.29 is 24.2 Å². The van der Waals surface area contributed by atoms with Crippen molar-refractivity contribution in [3.63, 3.8) is 0 Å². The second-order valence-corrected chi connectivity index (χ2v) is 11.9. The van der Waals surface area contributed by atoms with E-state index in [4.69, 9.17) is 4.43 Å². The highest BCUT2D eigenvalue weighted by Gasteiger charge is 2.58. The lowest BCUT2D eigenvalue weighted by atomic mass is 9.67. The summed E-state index contributed by atoms with van der Waals surface area (Å²) in [5, 5.41) is 17.8. The molecule has 0 aliphatic carbocycles. The smallest absolute Gasteiger partial charge is 0.378 e. The van der Waals surface area contributed by atoms with Crippen molar-refractivity contribution in [2.24, 2.45) is 17.3 Å². The Kier molecular flexibility index (Phi) is 5.39. The van der Waals surface area contributed by atoms with Crippen LogP contribution < -0.4 is 0 Å². The highest BCUT2D eigenvalue weighted by Crippen LogP contribution is 2.52. The fourth-order valence-corrected chi connectivity index (χ4v) is 5.90. The number of aliphatic hydroxyl groups excluding tert-OH is 1. The number of hydrogen-bond donors (Lipinski definition) is 2. The lowest BCUT2D eigenvalue weighted by Gasteiger charge is -2.50. The number of nitrogens with zero attached hydrogens (tertiary/aromatic N) is 1. The summed E-state index contributed by atoms with van der Waals surface area (Å²) in [7, 11) is -2.46. The molecule has 1 saturated heterocycles. The molecule has 8 heteroatoms. The molecule has 0 aromatic heterocycles. The van der Waals surface area contributed by atoms with E-state index in [0.29, 0.717) is 17.9 Å². The van der Waals surface area contributed by atoms with Crippen LogP contribution >= 0.6 is 10.7 Å². The third kappa shape index (κ3) is 3.40. The van der Waals surface area contributed by atoms with Crippen LogP contribution in [-0.2, 0) is 9.22 Å². The third-order valence-electron chi connectivity index (χ3n) is 4.62. The molecule has 2 aliphatic heterocycles. The molecule has 6 nitrogen and oxygen atoms in total. The van der Waals surface area contributed by atoms with E-state index in [1.807, 2.05) is 0 Å². The second-order valence-electron chi connectivity index (χ2n) is 7.56. The summed E-state index contributed by atoms with van der Waals surface area (Å²) in [5.74, 6) is -0.247. The Morgan fingerprint density at radius 2 is 2.09 bits per heavy atom. The maximum atomic E-state index is 12.7. The Morgan fingerprint density at radius 1 is 1.48 bits per heavy atom. The van der Waals surface area contributed by atoms with Gasteiger partial charge >= 0.3 is 5.30 Å².